The van der Waals surface area contributed by atoms with Crippen molar-refractivity contribution in [2.45, 2.75) is 24.9 Å². The number of ketones is 1. The zero-order valence-corrected chi connectivity index (χ0v) is 8.23. The van der Waals surface area contributed by atoms with Crippen molar-refractivity contribution in [2.24, 2.45) is 11.8 Å². The summed E-state index contributed by atoms with van der Waals surface area (Å²) in [6.07, 6.45) is 6.53. The van der Waals surface area contributed by atoms with Crippen LogP contribution in [-0.2, 0) is 14.3 Å². The summed E-state index contributed by atoms with van der Waals surface area (Å²) in [5.41, 5.74) is -0.348. The lowest BCUT2D eigenvalue weighted by Crippen LogP contribution is -2.39. The number of hydrogen-bond donors (Lipinski definition) is 0. The second kappa shape index (κ2) is 3.31. The highest BCUT2D eigenvalue weighted by Gasteiger charge is 2.49. The minimum atomic E-state index is -0.348. The van der Waals surface area contributed by atoms with E-state index in [4.69, 9.17) is 4.74 Å². The number of allylic oxidation sites excluding steroid dienone is 1. The molecular weight excluding hydrogens is 180 g/mol. The van der Waals surface area contributed by atoms with Gasteiger partial charge in [0.15, 0.2) is 5.78 Å². The van der Waals surface area contributed by atoms with Gasteiger partial charge in [-0.05, 0) is 25.0 Å². The summed E-state index contributed by atoms with van der Waals surface area (Å²) in [6, 6.07) is 0. The molecule has 0 aromatic carbocycles. The normalized spacial score (nSPS) is 41.1. The molecule has 3 unspecified atom stereocenters. The Morgan fingerprint density at radius 3 is 3.07 bits per heavy atom. The van der Waals surface area contributed by atoms with E-state index in [1.54, 1.807) is 13.2 Å². The molecule has 3 nitrogen and oxygen atoms in total. The van der Waals surface area contributed by atoms with Crippen molar-refractivity contribution in [2.75, 3.05) is 7.11 Å². The van der Waals surface area contributed by atoms with Gasteiger partial charge in [-0.15, -0.1) is 0 Å². The standard InChI is InChI=1S/C11H14O3/c1-14-11-4-2-8(7-12)10(11)6-9(13)3-5-11/h3,5,7-8,10H,2,4,6H2,1H3. The number of carbonyl (C=O) groups is 2. The number of hydrogen-bond acceptors (Lipinski definition) is 3. The Morgan fingerprint density at radius 2 is 2.43 bits per heavy atom. The van der Waals surface area contributed by atoms with Gasteiger partial charge < -0.3 is 9.53 Å². The monoisotopic (exact) mass is 194 g/mol. The summed E-state index contributed by atoms with van der Waals surface area (Å²) in [6.45, 7) is 0. The fourth-order valence-corrected chi connectivity index (χ4v) is 2.68. The first kappa shape index (κ1) is 9.59. The quantitative estimate of drug-likeness (QED) is 0.619. The summed E-state index contributed by atoms with van der Waals surface area (Å²) in [5, 5.41) is 0. The molecule has 0 amide bonds. The first-order valence-corrected chi connectivity index (χ1v) is 4.94. The van der Waals surface area contributed by atoms with Crippen molar-refractivity contribution in [1.29, 1.82) is 0 Å². The van der Waals surface area contributed by atoms with Crippen molar-refractivity contribution in [1.82, 2.24) is 0 Å². The van der Waals surface area contributed by atoms with Crippen LogP contribution in [0.3, 0.4) is 0 Å². The van der Waals surface area contributed by atoms with Crippen LogP contribution in [0.5, 0.6) is 0 Å². The van der Waals surface area contributed by atoms with Crippen LogP contribution in [0.25, 0.3) is 0 Å². The van der Waals surface area contributed by atoms with Gasteiger partial charge >= 0.3 is 0 Å². The highest BCUT2D eigenvalue weighted by molar-refractivity contribution is 5.91. The van der Waals surface area contributed by atoms with Crippen molar-refractivity contribution >= 4 is 12.1 Å². The third-order valence-electron chi connectivity index (χ3n) is 3.54. The molecule has 3 atom stereocenters. The zero-order chi connectivity index (χ0) is 10.2. The summed E-state index contributed by atoms with van der Waals surface area (Å²) in [7, 11) is 1.65. The number of methoxy groups -OCH3 is 1. The van der Waals surface area contributed by atoms with Gasteiger partial charge in [-0.1, -0.05) is 0 Å². The van der Waals surface area contributed by atoms with E-state index in [9.17, 15) is 9.59 Å². The highest BCUT2D eigenvalue weighted by Crippen LogP contribution is 2.46. The van der Waals surface area contributed by atoms with Crippen molar-refractivity contribution in [3.8, 4) is 0 Å². The molecule has 76 valence electrons. The van der Waals surface area contributed by atoms with Crippen molar-refractivity contribution in [3.05, 3.63) is 12.2 Å². The van der Waals surface area contributed by atoms with E-state index in [-0.39, 0.29) is 23.2 Å². The fourth-order valence-electron chi connectivity index (χ4n) is 2.68. The van der Waals surface area contributed by atoms with Crippen LogP contribution < -0.4 is 0 Å². The molecule has 2 aliphatic carbocycles. The van der Waals surface area contributed by atoms with Crippen LogP contribution in [0.1, 0.15) is 19.3 Å². The van der Waals surface area contributed by atoms with Crippen LogP contribution in [0.2, 0.25) is 0 Å². The second-order valence-corrected chi connectivity index (χ2v) is 4.11. The van der Waals surface area contributed by atoms with Crippen LogP contribution >= 0.6 is 0 Å². The van der Waals surface area contributed by atoms with Gasteiger partial charge in [-0.3, -0.25) is 4.79 Å². The van der Waals surface area contributed by atoms with Gasteiger partial charge in [-0.2, -0.15) is 0 Å². The number of aldehydes is 1. The van der Waals surface area contributed by atoms with Gasteiger partial charge in [0.05, 0.1) is 5.60 Å². The number of ether oxygens (including phenoxy) is 1. The number of rotatable bonds is 2. The van der Waals surface area contributed by atoms with Crippen LogP contribution in [0.4, 0.5) is 0 Å². The molecule has 0 aromatic rings. The maximum absolute atomic E-state index is 11.3. The molecule has 0 N–H and O–H groups in total. The van der Waals surface area contributed by atoms with E-state index in [1.165, 1.54) is 0 Å². The summed E-state index contributed by atoms with van der Waals surface area (Å²) in [5.74, 6) is 0.155. The summed E-state index contributed by atoms with van der Waals surface area (Å²) >= 11 is 0. The molecule has 0 aliphatic heterocycles. The molecule has 0 radical (unpaired) electrons. The fraction of sp³-hybridized carbons (Fsp3) is 0.636. The third-order valence-corrected chi connectivity index (χ3v) is 3.54. The molecule has 2 rings (SSSR count). The van der Waals surface area contributed by atoms with E-state index >= 15 is 0 Å². The maximum Gasteiger partial charge on any atom is 0.155 e. The Kier molecular flexibility index (Phi) is 2.27. The molecule has 1 saturated carbocycles. The topological polar surface area (TPSA) is 43.4 Å². The van der Waals surface area contributed by atoms with Gasteiger partial charge in [0.1, 0.15) is 6.29 Å². The van der Waals surface area contributed by atoms with Crippen molar-refractivity contribution < 1.29 is 14.3 Å². The minimum Gasteiger partial charge on any atom is -0.374 e. The average Bonchev–Trinajstić information content (AvgIpc) is 2.57. The SMILES string of the molecule is COC12C=CC(=O)CC1C(C=O)CC2. The first-order valence-electron chi connectivity index (χ1n) is 4.94. The van der Waals surface area contributed by atoms with Gasteiger partial charge in [0.2, 0.25) is 0 Å². The number of fused-ring (bicyclic) bond motifs is 1. The Bertz CT molecular complexity index is 295. The largest absolute Gasteiger partial charge is 0.374 e. The number of carbonyl (C=O) groups excluding carboxylic acids is 2. The Hall–Kier alpha value is -0.960. The summed E-state index contributed by atoms with van der Waals surface area (Å²) < 4.78 is 5.49. The van der Waals surface area contributed by atoms with Crippen LogP contribution in [-0.4, -0.2) is 24.8 Å². The lowest BCUT2D eigenvalue weighted by molar-refractivity contribution is -0.121. The van der Waals surface area contributed by atoms with Gasteiger partial charge in [0, 0.05) is 25.4 Å². The lowest BCUT2D eigenvalue weighted by Gasteiger charge is -2.34. The van der Waals surface area contributed by atoms with E-state index < -0.39 is 0 Å². The van der Waals surface area contributed by atoms with E-state index in [2.05, 4.69) is 0 Å². The molecule has 1 fully saturated rings. The smallest absolute Gasteiger partial charge is 0.155 e. The summed E-state index contributed by atoms with van der Waals surface area (Å²) in [4.78, 5) is 22.1. The molecule has 0 bridgehead atoms. The van der Waals surface area contributed by atoms with E-state index in [0.29, 0.717) is 6.42 Å². The molecule has 3 heteroatoms. The zero-order valence-electron chi connectivity index (χ0n) is 8.23. The van der Waals surface area contributed by atoms with E-state index in [1.807, 2.05) is 6.08 Å². The molecule has 0 heterocycles. The van der Waals surface area contributed by atoms with E-state index in [0.717, 1.165) is 19.1 Å². The maximum atomic E-state index is 11.3. The van der Waals surface area contributed by atoms with Gasteiger partial charge in [0.25, 0.3) is 0 Å². The first-order chi connectivity index (χ1) is 6.72. The predicted octanol–water partition coefficient (Wildman–Crippen LogP) is 1.13. The average molecular weight is 194 g/mol. The Balaban J connectivity index is 2.33. The van der Waals surface area contributed by atoms with Crippen molar-refractivity contribution in [3.63, 3.8) is 0 Å². The molecule has 0 spiro atoms. The highest BCUT2D eigenvalue weighted by atomic mass is 16.5. The Morgan fingerprint density at radius 1 is 1.64 bits per heavy atom. The minimum absolute atomic E-state index is 0.0103. The molecule has 0 saturated heterocycles. The molecule has 2 aliphatic rings. The predicted molar refractivity (Wildman–Crippen MR) is 50.8 cm³/mol. The Labute approximate surface area is 83.1 Å². The second-order valence-electron chi connectivity index (χ2n) is 4.11. The lowest BCUT2D eigenvalue weighted by atomic mass is 9.78. The molecular formula is C11H14O3. The molecule has 0 aromatic heterocycles. The van der Waals surface area contributed by atoms with Gasteiger partial charge in [-0.25, -0.2) is 0 Å². The van der Waals surface area contributed by atoms with Crippen LogP contribution in [0.15, 0.2) is 12.2 Å². The van der Waals surface area contributed by atoms with Crippen LogP contribution in [0, 0.1) is 11.8 Å². The molecule has 14 heavy (non-hydrogen) atoms. The third kappa shape index (κ3) is 1.23.